The summed E-state index contributed by atoms with van der Waals surface area (Å²) in [7, 11) is 4.73. The number of carbonyl (C=O) groups excluding carboxylic acids is 5. The Kier molecular flexibility index (Phi) is 19.8. The molecule has 294 valence electrons. The van der Waals surface area contributed by atoms with Crippen LogP contribution in [0.1, 0.15) is 72.3 Å². The Bertz CT molecular complexity index is 1270. The molecule has 1 saturated heterocycles. The second-order valence-corrected chi connectivity index (χ2v) is 14.1. The molecule has 0 bridgehead atoms. The fourth-order valence-electron chi connectivity index (χ4n) is 6.85. The number of aliphatic hydroxyl groups excluding tert-OH is 1. The SMILES string of the molecule is CC[C@H](C)[C@H](NC(=O)CNC(=O)[C@@H](NC)C(C)C)[C@@H](CC(=O)N1CCC[C@H]1[C@H](OC)[C@@H](C)C(=O)N[C@@H](Cc1ccccc1)C(=O)NCCCO)OC. The highest BCUT2D eigenvalue weighted by molar-refractivity contribution is 5.89. The van der Waals surface area contributed by atoms with Gasteiger partial charge in [0.1, 0.15) is 6.04 Å². The van der Waals surface area contributed by atoms with Gasteiger partial charge in [-0.05, 0) is 43.7 Å². The summed E-state index contributed by atoms with van der Waals surface area (Å²) in [5.41, 5.74) is 0.881. The Labute approximate surface area is 309 Å². The molecule has 1 aliphatic rings. The summed E-state index contributed by atoms with van der Waals surface area (Å²) in [4.78, 5) is 68.2. The summed E-state index contributed by atoms with van der Waals surface area (Å²) >= 11 is 0. The van der Waals surface area contributed by atoms with Gasteiger partial charge in [0.15, 0.2) is 0 Å². The maximum Gasteiger partial charge on any atom is 0.242 e. The predicted octanol–water partition coefficient (Wildman–Crippen LogP) is 1.15. The number of hydrogen-bond acceptors (Lipinski definition) is 9. The van der Waals surface area contributed by atoms with E-state index in [0.29, 0.717) is 19.4 Å². The molecule has 52 heavy (non-hydrogen) atoms. The van der Waals surface area contributed by atoms with Gasteiger partial charge in [-0.15, -0.1) is 0 Å². The number of likely N-dealkylation sites (N-methyl/N-ethyl adjacent to an activating group) is 1. The number of carbonyl (C=O) groups is 5. The largest absolute Gasteiger partial charge is 0.396 e. The first kappa shape index (κ1) is 44.6. The lowest BCUT2D eigenvalue weighted by atomic mass is 9.91. The van der Waals surface area contributed by atoms with E-state index in [0.717, 1.165) is 18.4 Å². The molecule has 0 aliphatic carbocycles. The van der Waals surface area contributed by atoms with E-state index in [9.17, 15) is 24.0 Å². The van der Waals surface area contributed by atoms with Crippen LogP contribution in [-0.2, 0) is 39.9 Å². The molecule has 0 saturated carbocycles. The van der Waals surface area contributed by atoms with Crippen molar-refractivity contribution >= 4 is 29.5 Å². The second kappa shape index (κ2) is 23.2. The number of methoxy groups -OCH3 is 2. The molecule has 0 spiro atoms. The monoisotopic (exact) mass is 732 g/mol. The number of nitrogens with one attached hydrogen (secondary N) is 5. The van der Waals surface area contributed by atoms with Crippen molar-refractivity contribution in [1.29, 1.82) is 0 Å². The van der Waals surface area contributed by atoms with Crippen LogP contribution in [0, 0.1) is 17.8 Å². The van der Waals surface area contributed by atoms with Gasteiger partial charge < -0.3 is 46.1 Å². The summed E-state index contributed by atoms with van der Waals surface area (Å²) in [5.74, 6) is -2.25. The molecule has 1 heterocycles. The lowest BCUT2D eigenvalue weighted by molar-refractivity contribution is -0.143. The van der Waals surface area contributed by atoms with Gasteiger partial charge in [-0.25, -0.2) is 0 Å². The minimum atomic E-state index is -0.849. The predicted molar refractivity (Wildman–Crippen MR) is 199 cm³/mol. The fourth-order valence-corrected chi connectivity index (χ4v) is 6.85. The number of ether oxygens (including phenoxy) is 2. The Morgan fingerprint density at radius 3 is 2.21 bits per heavy atom. The molecule has 0 aromatic heterocycles. The van der Waals surface area contributed by atoms with Crippen LogP contribution < -0.4 is 26.6 Å². The Morgan fingerprint density at radius 2 is 1.63 bits per heavy atom. The zero-order valence-electron chi connectivity index (χ0n) is 32.4. The van der Waals surface area contributed by atoms with Crippen LogP contribution in [0.25, 0.3) is 0 Å². The van der Waals surface area contributed by atoms with Crippen LogP contribution in [0.4, 0.5) is 0 Å². The first-order valence-electron chi connectivity index (χ1n) is 18.6. The highest BCUT2D eigenvalue weighted by Crippen LogP contribution is 2.28. The van der Waals surface area contributed by atoms with Crippen molar-refractivity contribution in [2.24, 2.45) is 17.8 Å². The van der Waals surface area contributed by atoms with Gasteiger partial charge in [-0.3, -0.25) is 24.0 Å². The molecule has 0 unspecified atom stereocenters. The van der Waals surface area contributed by atoms with E-state index in [1.165, 1.54) is 14.2 Å². The number of aliphatic hydroxyl groups is 1. The molecule has 14 nitrogen and oxygen atoms in total. The van der Waals surface area contributed by atoms with Crippen LogP contribution >= 0.6 is 0 Å². The average Bonchev–Trinajstić information content (AvgIpc) is 3.62. The molecule has 14 heteroatoms. The third kappa shape index (κ3) is 13.4. The summed E-state index contributed by atoms with van der Waals surface area (Å²) in [5, 5.41) is 23.5. The van der Waals surface area contributed by atoms with Crippen molar-refractivity contribution in [3.05, 3.63) is 35.9 Å². The smallest absolute Gasteiger partial charge is 0.242 e. The highest BCUT2D eigenvalue weighted by atomic mass is 16.5. The van der Waals surface area contributed by atoms with Crippen molar-refractivity contribution < 1.29 is 38.6 Å². The molecule has 8 atom stereocenters. The summed E-state index contributed by atoms with van der Waals surface area (Å²) < 4.78 is 11.7. The molecular formula is C38H64N6O8. The Hall–Kier alpha value is -3.59. The molecule has 1 aliphatic heterocycles. The van der Waals surface area contributed by atoms with E-state index >= 15 is 0 Å². The first-order chi connectivity index (χ1) is 24.8. The van der Waals surface area contributed by atoms with Gasteiger partial charge in [0.05, 0.1) is 49.2 Å². The number of rotatable bonds is 23. The molecule has 1 aromatic rings. The molecule has 5 amide bonds. The zero-order chi connectivity index (χ0) is 38.8. The van der Waals surface area contributed by atoms with Gasteiger partial charge in [-0.1, -0.05) is 71.4 Å². The number of hydrogen-bond donors (Lipinski definition) is 6. The molecule has 1 aromatic carbocycles. The molecule has 6 N–H and O–H groups in total. The van der Waals surface area contributed by atoms with Crippen molar-refractivity contribution in [2.75, 3.05) is 47.5 Å². The highest BCUT2D eigenvalue weighted by Gasteiger charge is 2.42. The van der Waals surface area contributed by atoms with Crippen LogP contribution in [-0.4, -0.2) is 123 Å². The summed E-state index contributed by atoms with van der Waals surface area (Å²) in [6, 6.07) is 7.22. The lowest BCUT2D eigenvalue weighted by Crippen LogP contribution is -2.55. The van der Waals surface area contributed by atoms with E-state index in [-0.39, 0.29) is 73.9 Å². The van der Waals surface area contributed by atoms with Crippen molar-refractivity contribution in [1.82, 2.24) is 31.5 Å². The van der Waals surface area contributed by atoms with E-state index in [1.54, 1.807) is 18.9 Å². The lowest BCUT2D eigenvalue weighted by Gasteiger charge is -2.36. The Morgan fingerprint density at radius 1 is 0.942 bits per heavy atom. The van der Waals surface area contributed by atoms with Gasteiger partial charge in [0.2, 0.25) is 29.5 Å². The van der Waals surface area contributed by atoms with Crippen molar-refractivity contribution in [3.63, 3.8) is 0 Å². The minimum absolute atomic E-state index is 0.00596. The zero-order valence-corrected chi connectivity index (χ0v) is 32.4. The minimum Gasteiger partial charge on any atom is -0.396 e. The number of amides is 5. The van der Waals surface area contributed by atoms with E-state index in [4.69, 9.17) is 14.6 Å². The van der Waals surface area contributed by atoms with Gasteiger partial charge in [0, 0.05) is 40.3 Å². The summed E-state index contributed by atoms with van der Waals surface area (Å²) in [6.07, 6.45) is 1.45. The van der Waals surface area contributed by atoms with Crippen LogP contribution in [0.15, 0.2) is 30.3 Å². The van der Waals surface area contributed by atoms with Gasteiger partial charge in [0.25, 0.3) is 0 Å². The normalized spacial score (nSPS) is 18.4. The third-order valence-electron chi connectivity index (χ3n) is 10.1. The van der Waals surface area contributed by atoms with Gasteiger partial charge >= 0.3 is 0 Å². The number of likely N-dealkylation sites (tertiary alicyclic amines) is 1. The van der Waals surface area contributed by atoms with Crippen LogP contribution in [0.3, 0.4) is 0 Å². The van der Waals surface area contributed by atoms with E-state index in [2.05, 4.69) is 26.6 Å². The topological polar surface area (TPSA) is 187 Å². The molecular weight excluding hydrogens is 668 g/mol. The van der Waals surface area contributed by atoms with E-state index < -0.39 is 42.3 Å². The van der Waals surface area contributed by atoms with Crippen molar-refractivity contribution in [3.8, 4) is 0 Å². The maximum atomic E-state index is 14.0. The van der Waals surface area contributed by atoms with Crippen LogP contribution in [0.2, 0.25) is 0 Å². The second-order valence-electron chi connectivity index (χ2n) is 14.1. The third-order valence-corrected chi connectivity index (χ3v) is 10.1. The first-order valence-corrected chi connectivity index (χ1v) is 18.6. The fraction of sp³-hybridized carbons (Fsp3) is 0.711. The molecule has 1 fully saturated rings. The van der Waals surface area contributed by atoms with Crippen LogP contribution in [0.5, 0.6) is 0 Å². The Balaban J connectivity index is 2.16. The number of nitrogens with zero attached hydrogens (tertiary/aromatic N) is 1. The quantitative estimate of drug-likeness (QED) is 0.0898. The molecule has 2 rings (SSSR count). The van der Waals surface area contributed by atoms with Crippen molar-refractivity contribution in [2.45, 2.75) is 110 Å². The maximum absolute atomic E-state index is 14.0. The van der Waals surface area contributed by atoms with E-state index in [1.807, 2.05) is 58.0 Å². The molecule has 0 radical (unpaired) electrons. The number of benzene rings is 1. The summed E-state index contributed by atoms with van der Waals surface area (Å²) in [6.45, 7) is 10.0. The van der Waals surface area contributed by atoms with Gasteiger partial charge in [-0.2, -0.15) is 0 Å². The average molecular weight is 733 g/mol. The standard InChI is InChI=1S/C38H64N6O8/c1-9-25(4)34(43-31(46)23-41-38(50)33(39-6)24(2)3)30(51-7)22-32(47)44-19-13-17-29(44)35(52-8)26(5)36(48)42-28(37(49)40-18-14-20-45)21-27-15-11-10-12-16-27/h10-12,15-16,24-26,28-30,33-35,39,45H,9,13-14,17-23H2,1-8H3,(H,40,49)(H,41,50)(H,42,48)(H,43,46)/t25-,26+,28-,29-,30+,33-,34-,35+/m0/s1.